The Morgan fingerprint density at radius 2 is 2.04 bits per heavy atom. The van der Waals surface area contributed by atoms with Gasteiger partial charge in [0.2, 0.25) is 0 Å². The highest BCUT2D eigenvalue weighted by Gasteiger charge is 2.44. The van der Waals surface area contributed by atoms with Crippen molar-refractivity contribution in [1.82, 2.24) is 20.4 Å². The van der Waals surface area contributed by atoms with E-state index in [9.17, 15) is 0 Å². The normalized spacial score (nSPS) is 15.4. The molecule has 1 aromatic heterocycles. The van der Waals surface area contributed by atoms with Gasteiger partial charge in [-0.15, -0.1) is 24.0 Å². The van der Waals surface area contributed by atoms with Gasteiger partial charge in [-0.3, -0.25) is 9.67 Å². The topological polar surface area (TPSA) is 54.2 Å². The van der Waals surface area contributed by atoms with Crippen LogP contribution in [0.3, 0.4) is 0 Å². The molecule has 1 aliphatic rings. The molecule has 0 aliphatic heterocycles. The van der Waals surface area contributed by atoms with Crippen molar-refractivity contribution in [2.75, 3.05) is 20.1 Å². The summed E-state index contributed by atoms with van der Waals surface area (Å²) in [5.74, 6) is 0.857. The van der Waals surface area contributed by atoms with Crippen molar-refractivity contribution in [3.63, 3.8) is 0 Å². The minimum Gasteiger partial charge on any atom is -0.356 e. The number of rotatable bonds is 7. The summed E-state index contributed by atoms with van der Waals surface area (Å²) < 4.78 is 1.94. The first-order valence-electron chi connectivity index (χ1n) is 8.40. The van der Waals surface area contributed by atoms with Crippen LogP contribution in [-0.2, 0) is 12.0 Å². The number of nitrogens with one attached hydrogen (secondary N) is 2. The average molecular weight is 474 g/mol. The first-order chi connectivity index (χ1) is 11.7. The number of benzene rings is 1. The van der Waals surface area contributed by atoms with Gasteiger partial charge >= 0.3 is 0 Å². The number of halogens is 2. The molecule has 25 heavy (non-hydrogen) atoms. The van der Waals surface area contributed by atoms with Crippen LogP contribution in [0.2, 0.25) is 5.02 Å². The zero-order valence-electron chi connectivity index (χ0n) is 14.4. The minimum absolute atomic E-state index is 0. The Morgan fingerprint density at radius 3 is 2.64 bits per heavy atom. The molecule has 0 spiro atoms. The maximum absolute atomic E-state index is 5.99. The summed E-state index contributed by atoms with van der Waals surface area (Å²) in [5.41, 5.74) is 1.59. The molecule has 0 bridgehead atoms. The molecule has 2 N–H and O–H groups in total. The average Bonchev–Trinajstić information content (AvgIpc) is 3.21. The molecule has 0 amide bonds. The Balaban J connectivity index is 0.00000225. The van der Waals surface area contributed by atoms with Gasteiger partial charge in [-0.2, -0.15) is 5.10 Å². The predicted octanol–water partition coefficient (Wildman–Crippen LogP) is 3.44. The van der Waals surface area contributed by atoms with Crippen LogP contribution in [0.25, 0.3) is 0 Å². The molecule has 0 unspecified atom stereocenters. The van der Waals surface area contributed by atoms with E-state index in [1.165, 1.54) is 18.4 Å². The summed E-state index contributed by atoms with van der Waals surface area (Å²) in [7, 11) is 1.81. The van der Waals surface area contributed by atoms with E-state index in [-0.39, 0.29) is 29.4 Å². The van der Waals surface area contributed by atoms with Gasteiger partial charge in [0.05, 0.1) is 0 Å². The smallest absolute Gasteiger partial charge is 0.191 e. The van der Waals surface area contributed by atoms with Crippen LogP contribution < -0.4 is 10.6 Å². The summed E-state index contributed by atoms with van der Waals surface area (Å²) in [6.07, 6.45) is 7.20. The van der Waals surface area contributed by atoms with Gasteiger partial charge in [0.1, 0.15) is 0 Å². The maximum atomic E-state index is 5.99. The summed E-state index contributed by atoms with van der Waals surface area (Å²) >= 11 is 5.99. The van der Waals surface area contributed by atoms with Crippen molar-refractivity contribution in [1.29, 1.82) is 0 Å². The Morgan fingerprint density at radius 1 is 1.28 bits per heavy atom. The monoisotopic (exact) mass is 473 g/mol. The van der Waals surface area contributed by atoms with Crippen LogP contribution in [0, 0.1) is 0 Å². The van der Waals surface area contributed by atoms with E-state index in [4.69, 9.17) is 11.6 Å². The summed E-state index contributed by atoms with van der Waals surface area (Å²) in [6, 6.07) is 10.2. The fourth-order valence-electron chi connectivity index (χ4n) is 2.88. The molecule has 1 aromatic carbocycles. The number of hydrogen-bond acceptors (Lipinski definition) is 2. The highest BCUT2D eigenvalue weighted by atomic mass is 127. The molecule has 0 saturated heterocycles. The maximum Gasteiger partial charge on any atom is 0.191 e. The van der Waals surface area contributed by atoms with E-state index >= 15 is 0 Å². The van der Waals surface area contributed by atoms with Crippen molar-refractivity contribution in [2.45, 2.75) is 31.2 Å². The highest BCUT2D eigenvalue weighted by molar-refractivity contribution is 14.0. The third-order valence-corrected chi connectivity index (χ3v) is 4.80. The van der Waals surface area contributed by atoms with Crippen LogP contribution in [0.1, 0.15) is 24.8 Å². The third-order valence-electron chi connectivity index (χ3n) is 4.54. The minimum atomic E-state index is 0. The quantitative estimate of drug-likeness (QED) is 0.280. The standard InChI is InChI=1S/C18H24ClN5.HI/c1-20-17(21-10-2-12-24-13-3-11-23-24)22-14-18(8-9-18)15-4-6-16(19)7-5-15;/h3-7,11,13H,2,8-10,12,14H2,1H3,(H2,20,21,22);1H. The number of aryl methyl sites for hydroxylation is 1. The van der Waals surface area contributed by atoms with E-state index in [1.54, 1.807) is 6.20 Å². The fraction of sp³-hybridized carbons (Fsp3) is 0.444. The lowest BCUT2D eigenvalue weighted by molar-refractivity contribution is 0.567. The summed E-state index contributed by atoms with van der Waals surface area (Å²) in [6.45, 7) is 2.67. The van der Waals surface area contributed by atoms with Crippen molar-refractivity contribution in [3.05, 3.63) is 53.3 Å². The Hall–Kier alpha value is -1.28. The number of guanidine groups is 1. The van der Waals surface area contributed by atoms with Crippen LogP contribution in [0.15, 0.2) is 47.7 Å². The van der Waals surface area contributed by atoms with Gasteiger partial charge in [-0.05, 0) is 43.0 Å². The molecule has 1 heterocycles. The van der Waals surface area contributed by atoms with E-state index in [1.807, 2.05) is 36.1 Å². The van der Waals surface area contributed by atoms with Gasteiger partial charge in [-0.25, -0.2) is 0 Å². The van der Waals surface area contributed by atoms with Gasteiger partial charge in [0.25, 0.3) is 0 Å². The number of aliphatic imine (C=N–C) groups is 1. The zero-order valence-corrected chi connectivity index (χ0v) is 17.5. The number of aromatic nitrogens is 2. The molecule has 0 atom stereocenters. The van der Waals surface area contributed by atoms with Gasteiger partial charge < -0.3 is 10.6 Å². The van der Waals surface area contributed by atoms with E-state index in [0.717, 1.165) is 37.0 Å². The molecule has 1 fully saturated rings. The molecule has 1 aliphatic carbocycles. The molecule has 2 aromatic rings. The molecule has 0 radical (unpaired) electrons. The predicted molar refractivity (Wildman–Crippen MR) is 114 cm³/mol. The second kappa shape index (κ2) is 9.43. The second-order valence-corrected chi connectivity index (χ2v) is 6.70. The van der Waals surface area contributed by atoms with Crippen LogP contribution in [-0.4, -0.2) is 35.9 Å². The number of hydrogen-bond donors (Lipinski definition) is 2. The van der Waals surface area contributed by atoms with Crippen LogP contribution in [0.4, 0.5) is 0 Å². The lowest BCUT2D eigenvalue weighted by Gasteiger charge is -2.19. The summed E-state index contributed by atoms with van der Waals surface area (Å²) in [4.78, 5) is 4.31. The van der Waals surface area contributed by atoms with Gasteiger partial charge in [0, 0.05) is 49.5 Å². The Bertz CT molecular complexity index is 665. The second-order valence-electron chi connectivity index (χ2n) is 6.26. The zero-order chi connectivity index (χ0) is 16.8. The first-order valence-corrected chi connectivity index (χ1v) is 8.78. The molecular formula is C18H25ClIN5. The lowest BCUT2D eigenvalue weighted by Crippen LogP contribution is -2.41. The van der Waals surface area contributed by atoms with Gasteiger partial charge in [-0.1, -0.05) is 23.7 Å². The van der Waals surface area contributed by atoms with Gasteiger partial charge in [0.15, 0.2) is 5.96 Å². The molecular weight excluding hydrogens is 449 g/mol. The van der Waals surface area contributed by atoms with Crippen LogP contribution in [0.5, 0.6) is 0 Å². The molecule has 3 rings (SSSR count). The molecule has 1 saturated carbocycles. The fourth-order valence-corrected chi connectivity index (χ4v) is 3.00. The molecule has 5 nitrogen and oxygen atoms in total. The molecule has 7 heteroatoms. The molecule has 136 valence electrons. The largest absolute Gasteiger partial charge is 0.356 e. The van der Waals surface area contributed by atoms with E-state index in [0.29, 0.717) is 0 Å². The van der Waals surface area contributed by atoms with Crippen molar-refractivity contribution < 1.29 is 0 Å². The highest BCUT2D eigenvalue weighted by Crippen LogP contribution is 2.47. The Kier molecular flexibility index (Phi) is 7.56. The van der Waals surface area contributed by atoms with Crippen molar-refractivity contribution in [3.8, 4) is 0 Å². The Labute approximate surface area is 171 Å². The van der Waals surface area contributed by atoms with E-state index in [2.05, 4.69) is 32.9 Å². The van der Waals surface area contributed by atoms with Crippen molar-refractivity contribution in [2.24, 2.45) is 4.99 Å². The first kappa shape index (κ1) is 20.0. The summed E-state index contributed by atoms with van der Waals surface area (Å²) in [5, 5.41) is 11.8. The van der Waals surface area contributed by atoms with Crippen LogP contribution >= 0.6 is 35.6 Å². The third kappa shape index (κ3) is 5.60. The van der Waals surface area contributed by atoms with Crippen molar-refractivity contribution >= 4 is 41.5 Å². The SMILES string of the molecule is CN=C(NCCCn1cccn1)NCC1(c2ccc(Cl)cc2)CC1.I. The number of nitrogens with zero attached hydrogens (tertiary/aromatic N) is 3. The van der Waals surface area contributed by atoms with E-state index < -0.39 is 0 Å². The lowest BCUT2D eigenvalue weighted by atomic mass is 9.96.